The number of rotatable bonds is 4. The molecule has 0 saturated carbocycles. The highest BCUT2D eigenvalue weighted by Crippen LogP contribution is 2.02. The first-order valence-electron chi connectivity index (χ1n) is 2.68. The van der Waals surface area contributed by atoms with Crippen molar-refractivity contribution in [3.63, 3.8) is 0 Å². The second-order valence-corrected chi connectivity index (χ2v) is 2.79. The first kappa shape index (κ1) is 8.02. The van der Waals surface area contributed by atoms with Crippen LogP contribution in [0.4, 0.5) is 0 Å². The Balaban J connectivity index is 2.98. The predicted octanol–water partition coefficient (Wildman–Crippen LogP) is 1.49. The number of thioether (sulfide) groups is 1. The highest BCUT2D eigenvalue weighted by molar-refractivity contribution is 7.98. The van der Waals surface area contributed by atoms with Gasteiger partial charge in [0.05, 0.1) is 0 Å². The van der Waals surface area contributed by atoms with Crippen molar-refractivity contribution < 1.29 is 4.79 Å². The second kappa shape index (κ2) is 5.16. The number of carbonyl (C=O) groups excluding carboxylic acids is 1. The molecule has 1 atom stereocenters. The summed E-state index contributed by atoms with van der Waals surface area (Å²) in [4.78, 5) is 9.88. The van der Waals surface area contributed by atoms with Crippen LogP contribution in [0.3, 0.4) is 0 Å². The monoisotopic (exact) mass is 131 g/mol. The van der Waals surface area contributed by atoms with Gasteiger partial charge in [0.15, 0.2) is 0 Å². The van der Waals surface area contributed by atoms with Gasteiger partial charge < -0.3 is 0 Å². The van der Waals surface area contributed by atoms with Crippen LogP contribution in [0.1, 0.15) is 13.3 Å². The first-order valence-corrected chi connectivity index (χ1v) is 4.07. The van der Waals surface area contributed by atoms with Crippen LogP contribution in [0.2, 0.25) is 0 Å². The van der Waals surface area contributed by atoms with Crippen molar-refractivity contribution in [3.8, 4) is 0 Å². The van der Waals surface area contributed by atoms with Crippen LogP contribution in [0, 0.1) is 5.92 Å². The average molecular weight is 131 g/mol. The maximum absolute atomic E-state index is 9.88. The molecule has 0 aliphatic heterocycles. The molecule has 0 rings (SSSR count). The molecule has 0 aliphatic carbocycles. The van der Waals surface area contributed by atoms with Gasteiger partial charge in [-0.2, -0.15) is 11.8 Å². The van der Waals surface area contributed by atoms with Gasteiger partial charge in [-0.3, -0.25) is 4.79 Å². The summed E-state index contributed by atoms with van der Waals surface area (Å²) < 4.78 is 0. The molecule has 0 fully saturated rings. The summed E-state index contributed by atoms with van der Waals surface area (Å²) >= 11 is 1.77. The van der Waals surface area contributed by atoms with Gasteiger partial charge in [0, 0.05) is 5.92 Å². The zero-order valence-electron chi connectivity index (χ0n) is 5.31. The lowest BCUT2D eigenvalue weighted by Crippen LogP contribution is -1.95. The Morgan fingerprint density at radius 3 is 2.75 bits per heavy atom. The van der Waals surface area contributed by atoms with Crippen molar-refractivity contribution in [2.75, 3.05) is 12.0 Å². The summed E-state index contributed by atoms with van der Waals surface area (Å²) in [6.45, 7) is 1.89. The van der Waals surface area contributed by atoms with Crippen molar-refractivity contribution in [2.24, 2.45) is 5.92 Å². The van der Waals surface area contributed by atoms with E-state index in [1.165, 1.54) is 0 Å². The Morgan fingerprint density at radius 2 is 2.38 bits per heavy atom. The van der Waals surface area contributed by atoms with Crippen molar-refractivity contribution in [2.45, 2.75) is 13.3 Å². The maximum Gasteiger partial charge on any atom is 0.201 e. The molecule has 0 heterocycles. The minimum Gasteiger partial charge on any atom is -0.291 e. The van der Waals surface area contributed by atoms with Gasteiger partial charge in [-0.25, -0.2) is 0 Å². The topological polar surface area (TPSA) is 17.1 Å². The van der Waals surface area contributed by atoms with Gasteiger partial charge in [0.2, 0.25) is 6.29 Å². The Hall–Kier alpha value is 0.0200. The van der Waals surface area contributed by atoms with E-state index in [2.05, 4.69) is 0 Å². The Morgan fingerprint density at radius 1 is 1.75 bits per heavy atom. The normalized spacial score (nSPS) is 13.2. The lowest BCUT2D eigenvalue weighted by molar-refractivity contribution is 0.526. The summed E-state index contributed by atoms with van der Waals surface area (Å²) in [6.07, 6.45) is 4.94. The molecule has 47 valence electrons. The first-order chi connectivity index (χ1) is 3.81. The quantitative estimate of drug-likeness (QED) is 0.575. The Kier molecular flexibility index (Phi) is 5.18. The van der Waals surface area contributed by atoms with Crippen molar-refractivity contribution in [1.29, 1.82) is 0 Å². The predicted molar refractivity (Wildman–Crippen MR) is 37.9 cm³/mol. The minimum atomic E-state index is 0.127. The molecule has 0 amide bonds. The van der Waals surface area contributed by atoms with Gasteiger partial charge >= 0.3 is 0 Å². The fraction of sp³-hybridized carbons (Fsp3) is 0.833. The van der Waals surface area contributed by atoms with E-state index in [0.717, 1.165) is 12.2 Å². The molecule has 0 aromatic carbocycles. The van der Waals surface area contributed by atoms with Crippen LogP contribution in [0.5, 0.6) is 0 Å². The van der Waals surface area contributed by atoms with E-state index < -0.39 is 0 Å². The van der Waals surface area contributed by atoms with Gasteiger partial charge in [-0.15, -0.1) is 0 Å². The van der Waals surface area contributed by atoms with E-state index >= 15 is 0 Å². The highest BCUT2D eigenvalue weighted by atomic mass is 32.2. The minimum absolute atomic E-state index is 0.127. The third-order valence-corrected chi connectivity index (χ3v) is 1.60. The molecular formula is C6H11OS. The van der Waals surface area contributed by atoms with Crippen molar-refractivity contribution in [1.82, 2.24) is 0 Å². The van der Waals surface area contributed by atoms with Crippen LogP contribution in [0.15, 0.2) is 0 Å². The molecule has 1 radical (unpaired) electrons. The van der Waals surface area contributed by atoms with Crippen LogP contribution in [0.25, 0.3) is 0 Å². The van der Waals surface area contributed by atoms with E-state index in [-0.39, 0.29) is 5.92 Å². The molecule has 1 unspecified atom stereocenters. The molecule has 2 heteroatoms. The molecule has 0 aliphatic rings. The van der Waals surface area contributed by atoms with E-state index in [4.69, 9.17) is 0 Å². The van der Waals surface area contributed by atoms with Crippen LogP contribution in [-0.2, 0) is 4.79 Å². The highest BCUT2D eigenvalue weighted by Gasteiger charge is 1.97. The molecule has 0 spiro atoms. The van der Waals surface area contributed by atoms with Gasteiger partial charge in [0.25, 0.3) is 0 Å². The lowest BCUT2D eigenvalue weighted by atomic mass is 10.1. The summed E-state index contributed by atoms with van der Waals surface area (Å²) in [5.41, 5.74) is 0. The lowest BCUT2D eigenvalue weighted by Gasteiger charge is -1.96. The molecule has 8 heavy (non-hydrogen) atoms. The van der Waals surface area contributed by atoms with E-state index in [1.54, 1.807) is 11.8 Å². The average Bonchev–Trinajstić information content (AvgIpc) is 1.83. The fourth-order valence-electron chi connectivity index (χ4n) is 0.354. The second-order valence-electron chi connectivity index (χ2n) is 1.80. The van der Waals surface area contributed by atoms with E-state index in [1.807, 2.05) is 19.5 Å². The SMILES string of the molecule is CSCCC(C)[C]=O. The third kappa shape index (κ3) is 4.19. The summed E-state index contributed by atoms with van der Waals surface area (Å²) in [7, 11) is 0. The summed E-state index contributed by atoms with van der Waals surface area (Å²) in [5, 5.41) is 0. The van der Waals surface area contributed by atoms with Gasteiger partial charge in [0.1, 0.15) is 0 Å². The molecule has 1 nitrogen and oxygen atoms in total. The third-order valence-electron chi connectivity index (χ3n) is 0.956. The Labute approximate surface area is 54.8 Å². The smallest absolute Gasteiger partial charge is 0.201 e. The van der Waals surface area contributed by atoms with Gasteiger partial charge in [-0.1, -0.05) is 6.92 Å². The molecule has 0 aromatic heterocycles. The van der Waals surface area contributed by atoms with E-state index in [0.29, 0.717) is 0 Å². The molecule has 0 N–H and O–H groups in total. The molecule has 0 aromatic rings. The van der Waals surface area contributed by atoms with Crippen molar-refractivity contribution in [3.05, 3.63) is 0 Å². The van der Waals surface area contributed by atoms with E-state index in [9.17, 15) is 4.79 Å². The van der Waals surface area contributed by atoms with Gasteiger partial charge in [-0.05, 0) is 18.4 Å². The Bertz CT molecular complexity index is 63.5. The molecule has 0 saturated heterocycles. The maximum atomic E-state index is 9.88. The molecular weight excluding hydrogens is 120 g/mol. The fourth-order valence-corrected chi connectivity index (χ4v) is 0.943. The zero-order valence-corrected chi connectivity index (χ0v) is 6.12. The standard InChI is InChI=1S/C6H11OS/c1-6(5-7)3-4-8-2/h6H,3-4H2,1-2H3. The van der Waals surface area contributed by atoms with Crippen LogP contribution < -0.4 is 0 Å². The largest absolute Gasteiger partial charge is 0.291 e. The van der Waals surface area contributed by atoms with Crippen LogP contribution >= 0.6 is 11.8 Å². The molecule has 0 bridgehead atoms. The van der Waals surface area contributed by atoms with Crippen LogP contribution in [-0.4, -0.2) is 18.3 Å². The summed E-state index contributed by atoms with van der Waals surface area (Å²) in [6, 6.07) is 0. The zero-order chi connectivity index (χ0) is 6.41. The van der Waals surface area contributed by atoms with Crippen molar-refractivity contribution >= 4 is 18.0 Å². The number of hydrogen-bond acceptors (Lipinski definition) is 2. The number of hydrogen-bond donors (Lipinski definition) is 0. The summed E-state index contributed by atoms with van der Waals surface area (Å²) in [5.74, 6) is 1.19.